The first kappa shape index (κ1) is 22.0. The van der Waals surface area contributed by atoms with Crippen LogP contribution in [-0.2, 0) is 19.5 Å². The van der Waals surface area contributed by atoms with Crippen molar-refractivity contribution < 1.29 is 0 Å². The van der Waals surface area contributed by atoms with Crippen LogP contribution in [0.3, 0.4) is 0 Å². The second-order valence-corrected chi connectivity index (χ2v) is 9.26. The third-order valence-corrected chi connectivity index (χ3v) is 6.84. The van der Waals surface area contributed by atoms with Gasteiger partial charge in [0.15, 0.2) is 0 Å². The molecule has 0 spiro atoms. The Bertz CT molecular complexity index is 1220. The minimum Gasteiger partial charge on any atom is -0.368 e. The van der Waals surface area contributed by atoms with Crippen LogP contribution in [0.2, 0.25) is 10.0 Å². The van der Waals surface area contributed by atoms with Crippen LogP contribution in [0.1, 0.15) is 28.4 Å². The van der Waals surface area contributed by atoms with Gasteiger partial charge in [-0.25, -0.2) is 4.98 Å². The highest BCUT2D eigenvalue weighted by Gasteiger charge is 2.24. The highest BCUT2D eigenvalue weighted by Crippen LogP contribution is 2.31. The molecule has 168 valence electrons. The molecule has 0 bridgehead atoms. The highest BCUT2D eigenvalue weighted by molar-refractivity contribution is 6.33. The lowest BCUT2D eigenvalue weighted by Gasteiger charge is -2.28. The first-order chi connectivity index (χ1) is 16.2. The number of nitrogens with one attached hydrogen (secondary N) is 1. The van der Waals surface area contributed by atoms with E-state index in [1.54, 1.807) is 0 Å². The molecule has 4 aromatic rings. The molecule has 1 unspecified atom stereocenters. The van der Waals surface area contributed by atoms with Crippen LogP contribution in [0, 0.1) is 0 Å². The Kier molecular flexibility index (Phi) is 6.68. The number of rotatable bonds is 6. The van der Waals surface area contributed by atoms with Crippen LogP contribution < -0.4 is 10.2 Å². The molecule has 3 aromatic carbocycles. The number of para-hydroxylation sites is 1. The predicted octanol–water partition coefficient (Wildman–Crippen LogP) is 6.13. The van der Waals surface area contributed by atoms with Gasteiger partial charge in [-0.05, 0) is 47.4 Å². The van der Waals surface area contributed by atoms with Crippen molar-refractivity contribution in [2.75, 3.05) is 18.0 Å². The van der Waals surface area contributed by atoms with E-state index in [9.17, 15) is 0 Å². The third-order valence-electron chi connectivity index (χ3n) is 6.27. The summed E-state index contributed by atoms with van der Waals surface area (Å²) in [5, 5.41) is 5.35. The normalized spacial score (nSPS) is 15.8. The second kappa shape index (κ2) is 10.0. The minimum atomic E-state index is 0.179. The fourth-order valence-corrected chi connectivity index (χ4v) is 4.90. The molecule has 5 rings (SSSR count). The van der Waals surface area contributed by atoms with E-state index in [1.807, 2.05) is 36.8 Å². The summed E-state index contributed by atoms with van der Waals surface area (Å²) in [7, 11) is 0. The van der Waals surface area contributed by atoms with Crippen LogP contribution >= 0.6 is 23.2 Å². The van der Waals surface area contributed by atoms with Gasteiger partial charge in [-0.2, -0.15) is 0 Å². The maximum Gasteiger partial charge on any atom is 0.0951 e. The Labute approximate surface area is 204 Å². The molecule has 1 atom stereocenters. The zero-order chi connectivity index (χ0) is 22.6. The molecule has 1 aliphatic rings. The van der Waals surface area contributed by atoms with Crippen LogP contribution in [0.25, 0.3) is 0 Å². The molecule has 0 amide bonds. The van der Waals surface area contributed by atoms with Crippen molar-refractivity contribution in [2.24, 2.45) is 0 Å². The number of hydrogen-bond acceptors (Lipinski definition) is 3. The summed E-state index contributed by atoms with van der Waals surface area (Å²) in [5.74, 6) is 0. The van der Waals surface area contributed by atoms with Gasteiger partial charge in [0.1, 0.15) is 0 Å². The molecule has 1 N–H and O–H groups in total. The van der Waals surface area contributed by atoms with E-state index in [4.69, 9.17) is 23.2 Å². The number of benzene rings is 3. The van der Waals surface area contributed by atoms with Crippen molar-refractivity contribution in [1.29, 1.82) is 0 Å². The maximum atomic E-state index is 6.55. The van der Waals surface area contributed by atoms with Gasteiger partial charge in [0.2, 0.25) is 0 Å². The molecule has 6 heteroatoms. The number of aromatic nitrogens is 2. The van der Waals surface area contributed by atoms with Crippen molar-refractivity contribution in [1.82, 2.24) is 14.9 Å². The molecule has 1 aliphatic heterocycles. The zero-order valence-electron chi connectivity index (χ0n) is 18.3. The van der Waals surface area contributed by atoms with Crippen molar-refractivity contribution in [3.8, 4) is 0 Å². The van der Waals surface area contributed by atoms with Gasteiger partial charge < -0.3 is 14.8 Å². The zero-order valence-corrected chi connectivity index (χ0v) is 19.8. The molecule has 0 radical (unpaired) electrons. The average molecular weight is 477 g/mol. The van der Waals surface area contributed by atoms with Gasteiger partial charge in [-0.15, -0.1) is 0 Å². The first-order valence-electron chi connectivity index (χ1n) is 11.2. The second-order valence-electron chi connectivity index (χ2n) is 8.42. The van der Waals surface area contributed by atoms with Crippen molar-refractivity contribution >= 4 is 28.9 Å². The van der Waals surface area contributed by atoms with Crippen LogP contribution in [-0.4, -0.2) is 22.6 Å². The maximum absolute atomic E-state index is 6.55. The number of fused-ring (bicyclic) bond motifs is 1. The van der Waals surface area contributed by atoms with E-state index in [2.05, 4.69) is 68.3 Å². The lowest BCUT2D eigenvalue weighted by atomic mass is 9.99. The molecule has 0 fully saturated rings. The minimum absolute atomic E-state index is 0.179. The van der Waals surface area contributed by atoms with E-state index in [1.165, 1.54) is 16.7 Å². The molecule has 0 saturated carbocycles. The van der Waals surface area contributed by atoms with E-state index in [0.29, 0.717) is 0 Å². The van der Waals surface area contributed by atoms with Gasteiger partial charge in [-0.1, -0.05) is 71.7 Å². The van der Waals surface area contributed by atoms with E-state index >= 15 is 0 Å². The number of imidazole rings is 1. The number of anilines is 1. The quantitative estimate of drug-likeness (QED) is 0.363. The smallest absolute Gasteiger partial charge is 0.0951 e. The molecule has 2 heterocycles. The summed E-state index contributed by atoms with van der Waals surface area (Å²) in [6.07, 6.45) is 4.83. The van der Waals surface area contributed by atoms with E-state index in [-0.39, 0.29) is 6.04 Å². The fourth-order valence-electron chi connectivity index (χ4n) is 4.52. The summed E-state index contributed by atoms with van der Waals surface area (Å²) in [5.41, 5.74) is 6.18. The Morgan fingerprint density at radius 1 is 0.939 bits per heavy atom. The number of halogens is 2. The standard InChI is InChI=1S/C27H26Cl2N4/c28-22-11-9-20(10-12-22)17-33-19-30-15-23(33)16-31-26-18-32(27-8-4-3-7-25(27)29)14-13-21-5-1-2-6-24(21)26/h1-12,15,19,26,31H,13-14,16-18H2. The summed E-state index contributed by atoms with van der Waals surface area (Å²) >= 11 is 12.6. The first-order valence-corrected chi connectivity index (χ1v) is 12.0. The highest BCUT2D eigenvalue weighted by atomic mass is 35.5. The predicted molar refractivity (Wildman–Crippen MR) is 136 cm³/mol. The molecule has 33 heavy (non-hydrogen) atoms. The molecular weight excluding hydrogens is 451 g/mol. The topological polar surface area (TPSA) is 33.1 Å². The molecule has 0 aliphatic carbocycles. The Morgan fingerprint density at radius 3 is 2.58 bits per heavy atom. The molecule has 4 nitrogen and oxygen atoms in total. The SMILES string of the molecule is Clc1ccc(Cn2cncc2CNC2CN(c3ccccc3Cl)CCc3ccccc32)cc1. The lowest BCUT2D eigenvalue weighted by molar-refractivity contribution is 0.516. The van der Waals surface area contributed by atoms with Crippen molar-refractivity contribution in [3.63, 3.8) is 0 Å². The fraction of sp³-hybridized carbons (Fsp3) is 0.222. The Morgan fingerprint density at radius 2 is 1.73 bits per heavy atom. The van der Waals surface area contributed by atoms with Gasteiger partial charge in [0, 0.05) is 37.4 Å². The van der Waals surface area contributed by atoms with Gasteiger partial charge in [0.25, 0.3) is 0 Å². The van der Waals surface area contributed by atoms with E-state index < -0.39 is 0 Å². The van der Waals surface area contributed by atoms with Gasteiger partial charge in [0.05, 0.1) is 28.8 Å². The summed E-state index contributed by atoms with van der Waals surface area (Å²) < 4.78 is 2.19. The van der Waals surface area contributed by atoms with Crippen molar-refractivity contribution in [3.05, 3.63) is 118 Å². The average Bonchev–Trinajstić information content (AvgIpc) is 3.19. The van der Waals surface area contributed by atoms with Gasteiger partial charge in [-0.3, -0.25) is 0 Å². The molecule has 0 saturated heterocycles. The summed E-state index contributed by atoms with van der Waals surface area (Å²) in [4.78, 5) is 6.80. The molecular formula is C27H26Cl2N4. The van der Waals surface area contributed by atoms with Crippen LogP contribution in [0.4, 0.5) is 5.69 Å². The van der Waals surface area contributed by atoms with Crippen molar-refractivity contribution in [2.45, 2.75) is 25.6 Å². The number of hydrogen-bond donors (Lipinski definition) is 1. The monoisotopic (exact) mass is 476 g/mol. The largest absolute Gasteiger partial charge is 0.368 e. The third kappa shape index (κ3) is 5.09. The lowest BCUT2D eigenvalue weighted by Crippen LogP contribution is -2.34. The number of nitrogens with zero attached hydrogens (tertiary/aromatic N) is 3. The Hall–Kier alpha value is -2.79. The summed E-state index contributed by atoms with van der Waals surface area (Å²) in [6, 6.07) is 25.0. The Balaban J connectivity index is 1.36. The van der Waals surface area contributed by atoms with Gasteiger partial charge >= 0.3 is 0 Å². The summed E-state index contributed by atoms with van der Waals surface area (Å²) in [6.45, 7) is 3.28. The molecule has 1 aromatic heterocycles. The van der Waals surface area contributed by atoms with E-state index in [0.717, 1.165) is 54.0 Å². The van der Waals surface area contributed by atoms with Crippen LogP contribution in [0.15, 0.2) is 85.3 Å². The van der Waals surface area contributed by atoms with Crippen LogP contribution in [0.5, 0.6) is 0 Å².